The fourth-order valence-electron chi connectivity index (χ4n) is 3.22. The molecule has 0 aromatic heterocycles. The Morgan fingerprint density at radius 1 is 0.853 bits per heavy atom. The first-order valence-corrected chi connectivity index (χ1v) is 12.0. The Balaban J connectivity index is 1.47. The van der Waals surface area contributed by atoms with Crippen molar-refractivity contribution < 1.29 is 14.2 Å². The molecule has 0 heterocycles. The van der Waals surface area contributed by atoms with Crippen LogP contribution in [0.15, 0.2) is 100 Å². The summed E-state index contributed by atoms with van der Waals surface area (Å²) in [5.41, 5.74) is 2.68. The monoisotopic (exact) mass is 535 g/mol. The Morgan fingerprint density at radius 3 is 2.35 bits per heavy atom. The maximum Gasteiger partial charge on any atom is 0.175 e. The van der Waals surface area contributed by atoms with Crippen LogP contribution in [0.25, 0.3) is 0 Å². The molecule has 0 unspecified atom stereocenters. The topological polar surface area (TPSA) is 40.0 Å². The van der Waals surface area contributed by atoms with Gasteiger partial charge in [-0.3, -0.25) is 4.99 Å². The molecule has 0 atom stereocenters. The lowest BCUT2D eigenvalue weighted by atomic mass is 10.2. The van der Waals surface area contributed by atoms with E-state index in [1.54, 1.807) is 6.21 Å². The van der Waals surface area contributed by atoms with Crippen LogP contribution >= 0.6 is 27.5 Å². The van der Waals surface area contributed by atoms with Gasteiger partial charge in [-0.25, -0.2) is 0 Å². The van der Waals surface area contributed by atoms with E-state index in [-0.39, 0.29) is 0 Å². The van der Waals surface area contributed by atoms with E-state index in [1.807, 2.05) is 97.9 Å². The van der Waals surface area contributed by atoms with Crippen LogP contribution in [0.5, 0.6) is 23.0 Å². The van der Waals surface area contributed by atoms with Crippen molar-refractivity contribution in [2.75, 3.05) is 6.61 Å². The van der Waals surface area contributed by atoms with Crippen molar-refractivity contribution in [1.29, 1.82) is 0 Å². The van der Waals surface area contributed by atoms with Crippen LogP contribution in [0.2, 0.25) is 5.02 Å². The largest absolute Gasteiger partial charge is 0.490 e. The van der Waals surface area contributed by atoms with Crippen LogP contribution in [-0.4, -0.2) is 12.8 Å². The van der Waals surface area contributed by atoms with Gasteiger partial charge in [0.05, 0.1) is 16.8 Å². The Morgan fingerprint density at radius 2 is 1.62 bits per heavy atom. The molecule has 0 aliphatic carbocycles. The number of nitrogens with zero attached hydrogens (tertiary/aromatic N) is 1. The maximum absolute atomic E-state index is 6.08. The highest BCUT2D eigenvalue weighted by molar-refractivity contribution is 9.10. The molecular formula is C28H23BrClNO3. The van der Waals surface area contributed by atoms with Gasteiger partial charge in [-0.05, 0) is 94.6 Å². The molecule has 34 heavy (non-hydrogen) atoms. The lowest BCUT2D eigenvalue weighted by Gasteiger charge is -2.15. The van der Waals surface area contributed by atoms with Crippen LogP contribution in [-0.2, 0) is 6.61 Å². The van der Waals surface area contributed by atoms with Crippen LogP contribution in [0, 0.1) is 0 Å². The average molecular weight is 537 g/mol. The number of rotatable bonds is 9. The Labute approximate surface area is 212 Å². The number of benzene rings is 4. The molecule has 0 bridgehead atoms. The second kappa shape index (κ2) is 11.7. The zero-order valence-corrected chi connectivity index (χ0v) is 20.9. The molecule has 6 heteroatoms. The summed E-state index contributed by atoms with van der Waals surface area (Å²) in [4.78, 5) is 4.59. The van der Waals surface area contributed by atoms with Crippen molar-refractivity contribution in [1.82, 2.24) is 0 Å². The van der Waals surface area contributed by atoms with Gasteiger partial charge in [0.15, 0.2) is 11.5 Å². The molecule has 172 valence electrons. The van der Waals surface area contributed by atoms with Crippen LogP contribution in [0.3, 0.4) is 0 Å². The molecule has 4 aromatic rings. The van der Waals surface area contributed by atoms with E-state index in [2.05, 4.69) is 20.9 Å². The summed E-state index contributed by atoms with van der Waals surface area (Å²) in [6.45, 7) is 2.84. The Hall–Kier alpha value is -3.28. The summed E-state index contributed by atoms with van der Waals surface area (Å²) in [7, 11) is 0. The maximum atomic E-state index is 6.08. The third kappa shape index (κ3) is 6.62. The number of para-hydroxylation sites is 1. The molecule has 0 radical (unpaired) electrons. The summed E-state index contributed by atoms with van der Waals surface area (Å²) in [5, 5.41) is 0.677. The molecule has 4 rings (SSSR count). The van der Waals surface area contributed by atoms with Crippen molar-refractivity contribution in [3.8, 4) is 23.0 Å². The molecule has 4 nitrogen and oxygen atoms in total. The van der Waals surface area contributed by atoms with Crippen molar-refractivity contribution in [2.24, 2.45) is 4.99 Å². The number of hydrogen-bond acceptors (Lipinski definition) is 4. The summed E-state index contributed by atoms with van der Waals surface area (Å²) in [5.74, 6) is 2.84. The van der Waals surface area contributed by atoms with Crippen molar-refractivity contribution >= 4 is 39.4 Å². The van der Waals surface area contributed by atoms with Crippen molar-refractivity contribution in [3.05, 3.63) is 112 Å². The molecule has 0 fully saturated rings. The van der Waals surface area contributed by atoms with Gasteiger partial charge in [0, 0.05) is 11.2 Å². The van der Waals surface area contributed by atoms with Gasteiger partial charge in [-0.2, -0.15) is 0 Å². The summed E-state index contributed by atoms with van der Waals surface area (Å²) >= 11 is 9.69. The highest BCUT2D eigenvalue weighted by Gasteiger charge is 2.12. The summed E-state index contributed by atoms with van der Waals surface area (Å²) < 4.78 is 18.5. The lowest BCUT2D eigenvalue weighted by Crippen LogP contribution is -2.01. The van der Waals surface area contributed by atoms with Crippen LogP contribution < -0.4 is 14.2 Å². The first kappa shape index (κ1) is 23.9. The average Bonchev–Trinajstić information content (AvgIpc) is 2.84. The van der Waals surface area contributed by atoms with E-state index in [0.717, 1.165) is 32.8 Å². The predicted octanol–water partition coefficient (Wildman–Crippen LogP) is 8.62. The van der Waals surface area contributed by atoms with Crippen LogP contribution in [0.4, 0.5) is 5.69 Å². The third-order valence-electron chi connectivity index (χ3n) is 4.78. The summed E-state index contributed by atoms with van der Waals surface area (Å²) in [6, 6.07) is 28.8. The second-order valence-electron chi connectivity index (χ2n) is 7.35. The lowest BCUT2D eigenvalue weighted by molar-refractivity contribution is 0.267. The smallest absolute Gasteiger partial charge is 0.175 e. The van der Waals surface area contributed by atoms with E-state index in [4.69, 9.17) is 25.8 Å². The van der Waals surface area contributed by atoms with Gasteiger partial charge in [0.25, 0.3) is 0 Å². The SMILES string of the molecule is CCOc1cc(C=Nc2ccc(Oc3ccccc3)cc2)cc(Br)c1OCc1cccc(Cl)c1. The van der Waals surface area contributed by atoms with E-state index < -0.39 is 0 Å². The zero-order chi connectivity index (χ0) is 23.8. The second-order valence-corrected chi connectivity index (χ2v) is 8.64. The van der Waals surface area contributed by atoms with E-state index in [1.165, 1.54) is 0 Å². The number of ether oxygens (including phenoxy) is 3. The van der Waals surface area contributed by atoms with Gasteiger partial charge in [0.1, 0.15) is 18.1 Å². The highest BCUT2D eigenvalue weighted by Crippen LogP contribution is 2.37. The van der Waals surface area contributed by atoms with Crippen molar-refractivity contribution in [3.63, 3.8) is 0 Å². The minimum Gasteiger partial charge on any atom is -0.490 e. The van der Waals surface area contributed by atoms with Gasteiger partial charge in [-0.15, -0.1) is 0 Å². The molecule has 0 spiro atoms. The fraction of sp³-hybridized carbons (Fsp3) is 0.107. The first-order chi connectivity index (χ1) is 16.6. The Kier molecular flexibility index (Phi) is 8.23. The van der Waals surface area contributed by atoms with Gasteiger partial charge >= 0.3 is 0 Å². The zero-order valence-electron chi connectivity index (χ0n) is 18.6. The summed E-state index contributed by atoms with van der Waals surface area (Å²) in [6.07, 6.45) is 1.79. The van der Waals surface area contributed by atoms with Gasteiger partial charge < -0.3 is 14.2 Å². The number of hydrogen-bond donors (Lipinski definition) is 0. The van der Waals surface area contributed by atoms with E-state index >= 15 is 0 Å². The Bertz CT molecular complexity index is 1260. The van der Waals surface area contributed by atoms with Crippen molar-refractivity contribution in [2.45, 2.75) is 13.5 Å². The van der Waals surface area contributed by atoms with E-state index in [9.17, 15) is 0 Å². The number of aliphatic imine (C=N–C) groups is 1. The third-order valence-corrected chi connectivity index (χ3v) is 5.61. The molecule has 0 aliphatic rings. The number of halogens is 2. The first-order valence-electron chi connectivity index (χ1n) is 10.8. The highest BCUT2D eigenvalue weighted by atomic mass is 79.9. The minimum absolute atomic E-state index is 0.379. The molecule has 0 saturated carbocycles. The van der Waals surface area contributed by atoms with Crippen LogP contribution in [0.1, 0.15) is 18.1 Å². The van der Waals surface area contributed by atoms with Gasteiger partial charge in [0.2, 0.25) is 0 Å². The molecule has 4 aromatic carbocycles. The normalized spacial score (nSPS) is 10.9. The minimum atomic E-state index is 0.379. The standard InChI is InChI=1S/C28H23BrClNO3/c1-2-32-27-17-21(16-26(29)28(27)33-19-20-7-6-8-22(30)15-20)18-31-23-11-13-25(14-12-23)34-24-9-4-3-5-10-24/h3-18H,2,19H2,1H3. The molecular weight excluding hydrogens is 514 g/mol. The molecule has 0 N–H and O–H groups in total. The quantitative estimate of drug-likeness (QED) is 0.201. The van der Waals surface area contributed by atoms with E-state index in [0.29, 0.717) is 29.7 Å². The van der Waals surface area contributed by atoms with Gasteiger partial charge in [-0.1, -0.05) is 41.9 Å². The molecule has 0 amide bonds. The predicted molar refractivity (Wildman–Crippen MR) is 141 cm³/mol. The fourth-order valence-corrected chi connectivity index (χ4v) is 4.01. The molecule has 0 saturated heterocycles. The molecule has 0 aliphatic heterocycles.